The van der Waals surface area contributed by atoms with Gasteiger partial charge in [0, 0.05) is 35.2 Å². The van der Waals surface area contributed by atoms with Gasteiger partial charge in [-0.15, -0.1) is 0 Å². The van der Waals surface area contributed by atoms with Gasteiger partial charge in [-0.25, -0.2) is 4.39 Å². The van der Waals surface area contributed by atoms with Crippen LogP contribution in [0.15, 0.2) is 52.1 Å². The molecular weight excluding hydrogens is 335 g/mol. The molecule has 0 bridgehead atoms. The zero-order valence-electron chi connectivity index (χ0n) is 11.3. The maximum atomic E-state index is 13.5. The van der Waals surface area contributed by atoms with Crippen molar-refractivity contribution in [3.63, 3.8) is 0 Å². The van der Waals surface area contributed by atoms with Crippen LogP contribution in [-0.2, 0) is 6.54 Å². The first-order valence-corrected chi connectivity index (χ1v) is 7.47. The number of anilines is 1. The summed E-state index contributed by atoms with van der Waals surface area (Å²) < 4.78 is 14.2. The third kappa shape index (κ3) is 2.93. The Morgan fingerprint density at radius 3 is 2.81 bits per heavy atom. The predicted octanol–water partition coefficient (Wildman–Crippen LogP) is 4.18. The summed E-state index contributed by atoms with van der Waals surface area (Å²) in [4.78, 5) is 2.17. The molecule has 0 aromatic heterocycles. The molecule has 0 unspecified atom stereocenters. The van der Waals surface area contributed by atoms with E-state index in [2.05, 4.69) is 26.0 Å². The molecule has 2 aromatic carbocycles. The number of benzene rings is 2. The molecule has 0 saturated carbocycles. The van der Waals surface area contributed by atoms with Crippen molar-refractivity contribution in [3.05, 3.63) is 63.9 Å². The molecule has 1 aliphatic rings. The molecule has 3 nitrogen and oxygen atoms in total. The molecule has 5 heteroatoms. The van der Waals surface area contributed by atoms with Gasteiger partial charge < -0.3 is 10.1 Å². The van der Waals surface area contributed by atoms with Gasteiger partial charge in [0.2, 0.25) is 0 Å². The predicted molar refractivity (Wildman–Crippen MR) is 84.5 cm³/mol. The third-order valence-corrected chi connectivity index (χ3v) is 4.05. The second-order valence-electron chi connectivity index (χ2n) is 5.01. The van der Waals surface area contributed by atoms with Crippen molar-refractivity contribution in [2.75, 3.05) is 11.4 Å². The molecule has 21 heavy (non-hydrogen) atoms. The van der Waals surface area contributed by atoms with Crippen LogP contribution in [0.2, 0.25) is 0 Å². The zero-order chi connectivity index (χ0) is 14.8. The van der Waals surface area contributed by atoms with Gasteiger partial charge in [0.1, 0.15) is 5.82 Å². The summed E-state index contributed by atoms with van der Waals surface area (Å²) in [6, 6.07) is 12.7. The van der Waals surface area contributed by atoms with Crippen LogP contribution < -0.4 is 4.90 Å². The third-order valence-electron chi connectivity index (χ3n) is 3.59. The molecule has 0 atom stereocenters. The SMILES string of the molecule is ON=C1CCN(Cc2cc(F)cc(Br)c2)c2ccccc21. The summed E-state index contributed by atoms with van der Waals surface area (Å²) in [7, 11) is 0. The molecule has 0 spiro atoms. The van der Waals surface area contributed by atoms with Crippen molar-refractivity contribution < 1.29 is 9.60 Å². The minimum Gasteiger partial charge on any atom is -0.411 e. The van der Waals surface area contributed by atoms with Gasteiger partial charge >= 0.3 is 0 Å². The lowest BCUT2D eigenvalue weighted by Gasteiger charge is -2.31. The highest BCUT2D eigenvalue weighted by Crippen LogP contribution is 2.29. The van der Waals surface area contributed by atoms with E-state index in [-0.39, 0.29) is 5.82 Å². The average Bonchev–Trinajstić information content (AvgIpc) is 2.46. The fourth-order valence-corrected chi connectivity index (χ4v) is 3.19. The van der Waals surface area contributed by atoms with E-state index in [9.17, 15) is 4.39 Å². The molecule has 1 heterocycles. The van der Waals surface area contributed by atoms with E-state index in [0.29, 0.717) is 18.7 Å². The summed E-state index contributed by atoms with van der Waals surface area (Å²) in [6.07, 6.45) is 0.671. The van der Waals surface area contributed by atoms with Crippen molar-refractivity contribution in [2.24, 2.45) is 5.16 Å². The Bertz CT molecular complexity index is 682. The van der Waals surface area contributed by atoms with Crippen LogP contribution in [-0.4, -0.2) is 17.5 Å². The van der Waals surface area contributed by atoms with Crippen molar-refractivity contribution in [1.29, 1.82) is 0 Å². The van der Waals surface area contributed by atoms with Gasteiger partial charge in [-0.05, 0) is 29.8 Å². The van der Waals surface area contributed by atoms with E-state index in [0.717, 1.165) is 27.8 Å². The molecule has 108 valence electrons. The molecule has 1 N–H and O–H groups in total. The number of halogens is 2. The van der Waals surface area contributed by atoms with Crippen LogP contribution in [0.25, 0.3) is 0 Å². The van der Waals surface area contributed by atoms with E-state index in [4.69, 9.17) is 5.21 Å². The number of para-hydroxylation sites is 1. The van der Waals surface area contributed by atoms with E-state index >= 15 is 0 Å². The Morgan fingerprint density at radius 1 is 1.24 bits per heavy atom. The minimum absolute atomic E-state index is 0.248. The summed E-state index contributed by atoms with van der Waals surface area (Å²) in [5.74, 6) is -0.248. The van der Waals surface area contributed by atoms with E-state index in [1.54, 1.807) is 6.07 Å². The smallest absolute Gasteiger partial charge is 0.124 e. The van der Waals surface area contributed by atoms with E-state index in [1.165, 1.54) is 6.07 Å². The van der Waals surface area contributed by atoms with Gasteiger partial charge in [-0.1, -0.05) is 39.3 Å². The second-order valence-corrected chi connectivity index (χ2v) is 5.93. The number of hydrogen-bond acceptors (Lipinski definition) is 3. The van der Waals surface area contributed by atoms with Crippen LogP contribution >= 0.6 is 15.9 Å². The maximum absolute atomic E-state index is 13.5. The molecule has 1 aliphatic heterocycles. The van der Waals surface area contributed by atoms with Gasteiger partial charge in [-0.3, -0.25) is 0 Å². The lowest BCUT2D eigenvalue weighted by atomic mass is 9.99. The number of hydrogen-bond donors (Lipinski definition) is 1. The van der Waals surface area contributed by atoms with Gasteiger partial charge in [0.05, 0.1) is 5.71 Å². The topological polar surface area (TPSA) is 35.8 Å². The van der Waals surface area contributed by atoms with Gasteiger partial charge in [0.15, 0.2) is 0 Å². The molecular formula is C16H14BrFN2O. The quantitative estimate of drug-likeness (QED) is 0.652. The largest absolute Gasteiger partial charge is 0.411 e. The lowest BCUT2D eigenvalue weighted by molar-refractivity contribution is 0.317. The number of fused-ring (bicyclic) bond motifs is 1. The van der Waals surface area contributed by atoms with Crippen LogP contribution in [0.3, 0.4) is 0 Å². The van der Waals surface area contributed by atoms with E-state index in [1.807, 2.05) is 30.3 Å². The van der Waals surface area contributed by atoms with E-state index < -0.39 is 0 Å². The molecule has 0 radical (unpaired) electrons. The molecule has 0 saturated heterocycles. The molecule has 3 rings (SSSR count). The Labute approximate surface area is 130 Å². The Kier molecular flexibility index (Phi) is 3.92. The normalized spacial score (nSPS) is 16.1. The Morgan fingerprint density at radius 2 is 2.05 bits per heavy atom. The number of rotatable bonds is 2. The van der Waals surface area contributed by atoms with Crippen LogP contribution in [0.1, 0.15) is 17.5 Å². The van der Waals surface area contributed by atoms with Crippen molar-refractivity contribution >= 4 is 27.3 Å². The Hall–Kier alpha value is -1.88. The molecule has 0 fully saturated rings. The fourth-order valence-electron chi connectivity index (χ4n) is 2.68. The maximum Gasteiger partial charge on any atom is 0.124 e. The summed E-state index contributed by atoms with van der Waals surface area (Å²) in [5.41, 5.74) is 3.54. The van der Waals surface area contributed by atoms with Crippen molar-refractivity contribution in [1.82, 2.24) is 0 Å². The highest BCUT2D eigenvalue weighted by Gasteiger charge is 2.21. The van der Waals surface area contributed by atoms with Crippen molar-refractivity contribution in [2.45, 2.75) is 13.0 Å². The van der Waals surface area contributed by atoms with Crippen LogP contribution in [0.5, 0.6) is 0 Å². The molecule has 0 amide bonds. The number of oxime groups is 1. The monoisotopic (exact) mass is 348 g/mol. The first-order chi connectivity index (χ1) is 10.2. The summed E-state index contributed by atoms with van der Waals surface area (Å²) in [6.45, 7) is 1.36. The van der Waals surface area contributed by atoms with Gasteiger partial charge in [-0.2, -0.15) is 0 Å². The summed E-state index contributed by atoms with van der Waals surface area (Å²) >= 11 is 3.32. The highest BCUT2D eigenvalue weighted by atomic mass is 79.9. The molecule has 2 aromatic rings. The average molecular weight is 349 g/mol. The highest BCUT2D eigenvalue weighted by molar-refractivity contribution is 9.10. The zero-order valence-corrected chi connectivity index (χ0v) is 12.8. The first-order valence-electron chi connectivity index (χ1n) is 6.67. The molecule has 0 aliphatic carbocycles. The van der Waals surface area contributed by atoms with Crippen LogP contribution in [0.4, 0.5) is 10.1 Å². The first kappa shape index (κ1) is 14.1. The lowest BCUT2D eigenvalue weighted by Crippen LogP contribution is -2.31. The van der Waals surface area contributed by atoms with Crippen molar-refractivity contribution in [3.8, 4) is 0 Å². The second kappa shape index (κ2) is 5.85. The minimum atomic E-state index is -0.248. The fraction of sp³-hybridized carbons (Fsp3) is 0.188. The Balaban J connectivity index is 1.93. The summed E-state index contributed by atoms with van der Waals surface area (Å²) in [5, 5.41) is 12.5. The van der Waals surface area contributed by atoms with Gasteiger partial charge in [0.25, 0.3) is 0 Å². The van der Waals surface area contributed by atoms with Crippen LogP contribution in [0, 0.1) is 5.82 Å². The standard InChI is InChI=1S/C16H14BrFN2O/c17-12-7-11(8-13(18)9-12)10-20-6-5-15(19-21)14-3-1-2-4-16(14)20/h1-4,7-9,21H,5-6,10H2. The number of nitrogens with zero attached hydrogens (tertiary/aromatic N) is 2.